The van der Waals surface area contributed by atoms with Crippen molar-refractivity contribution in [2.24, 2.45) is 7.05 Å². The molecule has 3 aromatic rings. The van der Waals surface area contributed by atoms with Gasteiger partial charge in [-0.3, -0.25) is 0 Å². The second kappa shape index (κ2) is 8.42. The number of hydrogen-bond donors (Lipinski definition) is 1. The van der Waals surface area contributed by atoms with Crippen LogP contribution in [0.4, 0.5) is 15.8 Å². The van der Waals surface area contributed by atoms with Crippen LogP contribution in [-0.4, -0.2) is 27.3 Å². The number of halogens is 1. The highest BCUT2D eigenvalue weighted by Gasteiger charge is 2.24. The minimum absolute atomic E-state index is 0.240. The third-order valence-corrected chi connectivity index (χ3v) is 3.72. The quantitative estimate of drug-likeness (QED) is 0.702. The van der Waals surface area contributed by atoms with E-state index in [-0.39, 0.29) is 18.0 Å². The highest BCUT2D eigenvalue weighted by molar-refractivity contribution is 6.06. The number of esters is 1. The summed E-state index contributed by atoms with van der Waals surface area (Å²) in [6, 6.07) is 6.56. The minimum Gasteiger partial charge on any atom is -0.461 e. The number of aromatic nitrogens is 3. The summed E-state index contributed by atoms with van der Waals surface area (Å²) in [4.78, 5) is 12.4. The minimum atomic E-state index is -0.506. The number of carbonyl (C=O) groups excluding carboxylic acids is 1. The fraction of sp³-hybridized carbons (Fsp3) is 0.316. The number of fused-ring (bicyclic) bond motifs is 1. The van der Waals surface area contributed by atoms with E-state index in [1.165, 1.54) is 12.3 Å². The molecule has 2 aromatic heterocycles. The fourth-order valence-corrected chi connectivity index (χ4v) is 2.59. The SMILES string of the molecule is CC.CCOC(=O)c1c(Nc2ccc(C)cc2F)c2nnccc2n1C. The van der Waals surface area contributed by atoms with Gasteiger partial charge in [-0.15, -0.1) is 5.10 Å². The van der Waals surface area contributed by atoms with Gasteiger partial charge in [0.05, 0.1) is 24.0 Å². The van der Waals surface area contributed by atoms with Crippen molar-refractivity contribution < 1.29 is 13.9 Å². The van der Waals surface area contributed by atoms with Gasteiger partial charge in [0.15, 0.2) is 5.69 Å². The molecule has 0 aliphatic carbocycles. The molecule has 0 bridgehead atoms. The van der Waals surface area contributed by atoms with Crippen LogP contribution >= 0.6 is 0 Å². The van der Waals surface area contributed by atoms with Gasteiger partial charge >= 0.3 is 5.97 Å². The molecular formula is C19H23FN4O2. The lowest BCUT2D eigenvalue weighted by atomic mass is 10.2. The van der Waals surface area contributed by atoms with Gasteiger partial charge in [-0.05, 0) is 37.6 Å². The van der Waals surface area contributed by atoms with E-state index in [1.807, 2.05) is 13.8 Å². The molecule has 0 amide bonds. The average Bonchev–Trinajstić information content (AvgIpc) is 2.92. The van der Waals surface area contributed by atoms with Crippen molar-refractivity contribution in [2.45, 2.75) is 27.7 Å². The molecule has 6 nitrogen and oxygen atoms in total. The maximum atomic E-state index is 14.2. The average molecular weight is 358 g/mol. The number of rotatable bonds is 4. The lowest BCUT2D eigenvalue weighted by Crippen LogP contribution is -2.12. The first-order valence-corrected chi connectivity index (χ1v) is 8.53. The van der Waals surface area contributed by atoms with Gasteiger partial charge < -0.3 is 14.6 Å². The van der Waals surface area contributed by atoms with Crippen molar-refractivity contribution in [3.8, 4) is 0 Å². The highest BCUT2D eigenvalue weighted by Crippen LogP contribution is 2.32. The normalized spacial score (nSPS) is 10.2. The van der Waals surface area contributed by atoms with E-state index in [4.69, 9.17) is 4.74 Å². The summed E-state index contributed by atoms with van der Waals surface area (Å²) < 4.78 is 21.0. The summed E-state index contributed by atoms with van der Waals surface area (Å²) in [5.41, 5.74) is 2.88. The Bertz CT molecular complexity index is 921. The maximum Gasteiger partial charge on any atom is 0.357 e. The molecule has 0 saturated carbocycles. The van der Waals surface area contributed by atoms with Gasteiger partial charge in [-0.2, -0.15) is 5.10 Å². The summed E-state index contributed by atoms with van der Waals surface area (Å²) in [6.07, 6.45) is 1.54. The zero-order valence-corrected chi connectivity index (χ0v) is 15.6. The lowest BCUT2D eigenvalue weighted by molar-refractivity contribution is 0.0517. The Morgan fingerprint density at radius 1 is 1.31 bits per heavy atom. The van der Waals surface area contributed by atoms with E-state index in [0.29, 0.717) is 16.7 Å². The number of aryl methyl sites for hydroxylation is 2. The van der Waals surface area contributed by atoms with Gasteiger partial charge in [0.2, 0.25) is 0 Å². The standard InChI is InChI=1S/C17H17FN4O2.C2H6/c1-4-24-17(23)16-15(14-13(22(16)3)7-8-19-21-14)20-12-6-5-10(2)9-11(12)18;1-2/h5-9,20H,4H2,1-3H3;1-2H3. The van der Waals surface area contributed by atoms with Crippen molar-refractivity contribution in [3.05, 3.63) is 47.5 Å². The predicted molar refractivity (Wildman–Crippen MR) is 100 cm³/mol. The number of anilines is 2. The summed E-state index contributed by atoms with van der Waals surface area (Å²) >= 11 is 0. The molecule has 2 heterocycles. The number of nitrogens with zero attached hydrogens (tertiary/aromatic N) is 3. The maximum absolute atomic E-state index is 14.2. The first-order valence-electron chi connectivity index (χ1n) is 8.53. The molecule has 0 spiro atoms. The van der Waals surface area contributed by atoms with E-state index in [1.54, 1.807) is 43.7 Å². The molecular weight excluding hydrogens is 335 g/mol. The number of nitrogens with one attached hydrogen (secondary N) is 1. The van der Waals surface area contributed by atoms with E-state index < -0.39 is 11.8 Å². The van der Waals surface area contributed by atoms with Gasteiger partial charge in [-0.1, -0.05) is 19.9 Å². The molecule has 0 atom stereocenters. The largest absolute Gasteiger partial charge is 0.461 e. The summed E-state index contributed by atoms with van der Waals surface area (Å²) in [6.45, 7) is 7.78. The van der Waals surface area contributed by atoms with Gasteiger partial charge in [-0.25, -0.2) is 9.18 Å². The molecule has 0 fully saturated rings. The summed E-state index contributed by atoms with van der Waals surface area (Å²) in [5.74, 6) is -0.918. The molecule has 26 heavy (non-hydrogen) atoms. The Labute approximate surface area is 152 Å². The molecule has 0 aliphatic rings. The van der Waals surface area contributed by atoms with Crippen LogP contribution < -0.4 is 5.32 Å². The van der Waals surface area contributed by atoms with E-state index >= 15 is 0 Å². The van der Waals surface area contributed by atoms with Gasteiger partial charge in [0, 0.05) is 7.05 Å². The second-order valence-corrected chi connectivity index (χ2v) is 5.38. The Kier molecular flexibility index (Phi) is 6.27. The predicted octanol–water partition coefficient (Wildman–Crippen LogP) is 4.36. The number of ether oxygens (including phenoxy) is 1. The third-order valence-electron chi connectivity index (χ3n) is 3.72. The molecule has 7 heteroatoms. The molecule has 1 N–H and O–H groups in total. The lowest BCUT2D eigenvalue weighted by Gasteiger charge is -2.10. The summed E-state index contributed by atoms with van der Waals surface area (Å²) in [7, 11) is 1.73. The van der Waals surface area contributed by atoms with Crippen molar-refractivity contribution in [1.82, 2.24) is 14.8 Å². The van der Waals surface area contributed by atoms with E-state index in [0.717, 1.165) is 5.56 Å². The van der Waals surface area contributed by atoms with Crippen molar-refractivity contribution >= 4 is 28.4 Å². The molecule has 0 saturated heterocycles. The fourth-order valence-electron chi connectivity index (χ4n) is 2.59. The van der Waals surface area contributed by atoms with Crippen molar-refractivity contribution in [1.29, 1.82) is 0 Å². The molecule has 0 aliphatic heterocycles. The number of benzene rings is 1. The summed E-state index contributed by atoms with van der Waals surface area (Å²) in [5, 5.41) is 10.9. The zero-order chi connectivity index (χ0) is 19.3. The molecule has 138 valence electrons. The Balaban J connectivity index is 0.00000117. The van der Waals surface area contributed by atoms with Crippen LogP contribution in [0.3, 0.4) is 0 Å². The highest BCUT2D eigenvalue weighted by atomic mass is 19.1. The molecule has 3 rings (SSSR count). The van der Waals surface area contributed by atoms with Crippen molar-refractivity contribution in [2.75, 3.05) is 11.9 Å². The Morgan fingerprint density at radius 2 is 2.04 bits per heavy atom. The molecule has 1 aromatic carbocycles. The zero-order valence-electron chi connectivity index (χ0n) is 15.6. The van der Waals surface area contributed by atoms with Crippen LogP contribution in [0.1, 0.15) is 36.8 Å². The number of hydrogen-bond acceptors (Lipinski definition) is 5. The molecule has 0 radical (unpaired) electrons. The van der Waals surface area contributed by atoms with Crippen LogP contribution in [0.25, 0.3) is 11.0 Å². The van der Waals surface area contributed by atoms with E-state index in [2.05, 4.69) is 15.5 Å². The molecule has 0 unspecified atom stereocenters. The van der Waals surface area contributed by atoms with Crippen LogP contribution in [0.2, 0.25) is 0 Å². The topological polar surface area (TPSA) is 69.0 Å². The first-order chi connectivity index (χ1) is 12.5. The Hall–Kier alpha value is -2.96. The Morgan fingerprint density at radius 3 is 2.69 bits per heavy atom. The van der Waals surface area contributed by atoms with Crippen LogP contribution in [0.15, 0.2) is 30.5 Å². The van der Waals surface area contributed by atoms with Gasteiger partial charge in [0.25, 0.3) is 0 Å². The third kappa shape index (κ3) is 3.66. The number of carbonyl (C=O) groups is 1. The van der Waals surface area contributed by atoms with Crippen LogP contribution in [0, 0.1) is 12.7 Å². The smallest absolute Gasteiger partial charge is 0.357 e. The van der Waals surface area contributed by atoms with Crippen LogP contribution in [0.5, 0.6) is 0 Å². The second-order valence-electron chi connectivity index (χ2n) is 5.38. The van der Waals surface area contributed by atoms with E-state index in [9.17, 15) is 9.18 Å². The first kappa shape index (κ1) is 19.4. The van der Waals surface area contributed by atoms with Crippen LogP contribution in [-0.2, 0) is 11.8 Å². The van der Waals surface area contributed by atoms with Gasteiger partial charge in [0.1, 0.15) is 17.0 Å². The monoisotopic (exact) mass is 358 g/mol. The van der Waals surface area contributed by atoms with Crippen molar-refractivity contribution in [3.63, 3.8) is 0 Å².